The Morgan fingerprint density at radius 2 is 2.20 bits per heavy atom. The van der Waals surface area contributed by atoms with E-state index >= 15 is 0 Å². The number of hydrogen-bond donors (Lipinski definition) is 0. The average molecular weight is 137 g/mol. The summed E-state index contributed by atoms with van der Waals surface area (Å²) in [5, 5.41) is 0. The summed E-state index contributed by atoms with van der Waals surface area (Å²) in [4.78, 5) is 4.13. The van der Waals surface area contributed by atoms with Crippen LogP contribution in [0.1, 0.15) is 20.3 Å². The van der Waals surface area contributed by atoms with E-state index in [1.54, 1.807) is 0 Å². The van der Waals surface area contributed by atoms with Gasteiger partial charge in [0.15, 0.2) is 0 Å². The first kappa shape index (κ1) is 9.15. The molecule has 0 aliphatic rings. The molecule has 56 valence electrons. The maximum Gasteiger partial charge on any atom is 0.0410 e. The minimum absolute atomic E-state index is 0.974. The Balaban J connectivity index is 4.42. The van der Waals surface area contributed by atoms with E-state index in [2.05, 4.69) is 18.5 Å². The van der Waals surface area contributed by atoms with E-state index in [4.69, 9.17) is 0 Å². The van der Waals surface area contributed by atoms with E-state index < -0.39 is 0 Å². The molecule has 10 heavy (non-hydrogen) atoms. The van der Waals surface area contributed by atoms with E-state index in [1.165, 1.54) is 0 Å². The molecule has 0 aliphatic heterocycles. The maximum absolute atomic E-state index is 4.13. The summed E-state index contributed by atoms with van der Waals surface area (Å²) in [7, 11) is 1.81. The van der Waals surface area contributed by atoms with Gasteiger partial charge in [-0.1, -0.05) is 25.7 Å². The standard InChI is InChI=1S/C9H15N/c1-5-8(6-2)9(7-3)10-4/h5-6H,1,7H2,2-4H3/b8-6-,10-9?. The van der Waals surface area contributed by atoms with Gasteiger partial charge in [0.1, 0.15) is 0 Å². The minimum atomic E-state index is 0.974. The van der Waals surface area contributed by atoms with Crippen LogP contribution in [-0.4, -0.2) is 12.8 Å². The van der Waals surface area contributed by atoms with Crippen molar-refractivity contribution in [3.63, 3.8) is 0 Å². The van der Waals surface area contributed by atoms with Crippen molar-refractivity contribution in [2.24, 2.45) is 4.99 Å². The molecule has 0 saturated heterocycles. The Hall–Kier alpha value is -0.850. The molecule has 0 aliphatic carbocycles. The molecule has 1 nitrogen and oxygen atoms in total. The first-order chi connectivity index (χ1) is 4.79. The maximum atomic E-state index is 4.13. The third-order valence-electron chi connectivity index (χ3n) is 1.47. The van der Waals surface area contributed by atoms with Gasteiger partial charge in [-0.25, -0.2) is 0 Å². The van der Waals surface area contributed by atoms with Gasteiger partial charge in [0.05, 0.1) is 0 Å². The van der Waals surface area contributed by atoms with E-state index in [1.807, 2.05) is 26.1 Å². The van der Waals surface area contributed by atoms with Crippen LogP contribution in [0.25, 0.3) is 0 Å². The van der Waals surface area contributed by atoms with Crippen LogP contribution in [0.3, 0.4) is 0 Å². The van der Waals surface area contributed by atoms with Crippen LogP contribution in [0.5, 0.6) is 0 Å². The van der Waals surface area contributed by atoms with Gasteiger partial charge in [-0.2, -0.15) is 0 Å². The van der Waals surface area contributed by atoms with Crippen molar-refractivity contribution in [3.05, 3.63) is 24.3 Å². The van der Waals surface area contributed by atoms with Crippen molar-refractivity contribution < 1.29 is 0 Å². The fourth-order valence-corrected chi connectivity index (χ4v) is 0.894. The molecule has 0 atom stereocenters. The number of nitrogens with zero attached hydrogens (tertiary/aromatic N) is 1. The fraction of sp³-hybridized carbons (Fsp3) is 0.444. The monoisotopic (exact) mass is 137 g/mol. The molecule has 0 amide bonds. The van der Waals surface area contributed by atoms with Crippen molar-refractivity contribution in [1.82, 2.24) is 0 Å². The van der Waals surface area contributed by atoms with E-state index in [0.29, 0.717) is 0 Å². The zero-order chi connectivity index (χ0) is 7.98. The Bertz CT molecular complexity index is 164. The Labute approximate surface area is 63.2 Å². The first-order valence-corrected chi connectivity index (χ1v) is 3.54. The van der Waals surface area contributed by atoms with Crippen LogP contribution in [0.15, 0.2) is 29.3 Å². The van der Waals surface area contributed by atoms with Gasteiger partial charge in [0.2, 0.25) is 0 Å². The highest BCUT2D eigenvalue weighted by molar-refractivity contribution is 6.02. The molecule has 0 aromatic carbocycles. The topological polar surface area (TPSA) is 12.4 Å². The average Bonchev–Trinajstić information content (AvgIpc) is 2.00. The van der Waals surface area contributed by atoms with Gasteiger partial charge < -0.3 is 0 Å². The second-order valence-electron chi connectivity index (χ2n) is 1.97. The molecule has 0 saturated carbocycles. The number of rotatable bonds is 3. The summed E-state index contributed by atoms with van der Waals surface area (Å²) in [5.74, 6) is 0. The largest absolute Gasteiger partial charge is 0.292 e. The molecule has 0 radical (unpaired) electrons. The normalized spacial score (nSPS) is 13.5. The Kier molecular flexibility index (Phi) is 4.55. The molecular weight excluding hydrogens is 122 g/mol. The van der Waals surface area contributed by atoms with Gasteiger partial charge in [0.25, 0.3) is 0 Å². The van der Waals surface area contributed by atoms with Crippen molar-refractivity contribution in [2.75, 3.05) is 7.05 Å². The molecule has 0 fully saturated rings. The molecule has 0 unspecified atom stereocenters. The van der Waals surface area contributed by atoms with Crippen molar-refractivity contribution in [2.45, 2.75) is 20.3 Å². The van der Waals surface area contributed by atoms with Crippen molar-refractivity contribution in [1.29, 1.82) is 0 Å². The fourth-order valence-electron chi connectivity index (χ4n) is 0.894. The Morgan fingerprint density at radius 3 is 2.30 bits per heavy atom. The molecule has 0 aromatic rings. The predicted octanol–water partition coefficient (Wildman–Crippen LogP) is 2.60. The zero-order valence-electron chi connectivity index (χ0n) is 7.02. The molecule has 0 N–H and O–H groups in total. The summed E-state index contributed by atoms with van der Waals surface area (Å²) in [6.45, 7) is 7.79. The predicted molar refractivity (Wildman–Crippen MR) is 47.6 cm³/mol. The molecule has 1 heteroatoms. The van der Waals surface area contributed by atoms with E-state index in [9.17, 15) is 0 Å². The molecule has 0 bridgehead atoms. The lowest BCUT2D eigenvalue weighted by Crippen LogP contribution is -1.97. The third-order valence-corrected chi connectivity index (χ3v) is 1.47. The molecular formula is C9H15N. The molecule has 0 spiro atoms. The summed E-state index contributed by atoms with van der Waals surface area (Å²) in [5.41, 5.74) is 2.27. The third kappa shape index (κ3) is 2.18. The molecule has 0 rings (SSSR count). The second-order valence-corrected chi connectivity index (χ2v) is 1.97. The van der Waals surface area contributed by atoms with Gasteiger partial charge in [-0.15, -0.1) is 0 Å². The van der Waals surface area contributed by atoms with Crippen molar-refractivity contribution >= 4 is 5.71 Å². The highest BCUT2D eigenvalue weighted by atomic mass is 14.7. The summed E-state index contributed by atoms with van der Waals surface area (Å²) in [6, 6.07) is 0. The lowest BCUT2D eigenvalue weighted by atomic mass is 10.1. The quantitative estimate of drug-likeness (QED) is 0.419. The highest BCUT2D eigenvalue weighted by Crippen LogP contribution is 2.02. The second kappa shape index (κ2) is 4.98. The van der Waals surface area contributed by atoms with Crippen LogP contribution in [-0.2, 0) is 0 Å². The van der Waals surface area contributed by atoms with Crippen LogP contribution >= 0.6 is 0 Å². The van der Waals surface area contributed by atoms with Crippen LogP contribution < -0.4 is 0 Å². The van der Waals surface area contributed by atoms with Gasteiger partial charge in [-0.3, -0.25) is 4.99 Å². The lowest BCUT2D eigenvalue weighted by molar-refractivity contribution is 1.24. The summed E-state index contributed by atoms with van der Waals surface area (Å²) < 4.78 is 0. The SMILES string of the molecule is C=C/C(=C/C)C(CC)=NC. The number of allylic oxidation sites excluding steroid dienone is 3. The smallest absolute Gasteiger partial charge is 0.0410 e. The first-order valence-electron chi connectivity index (χ1n) is 3.54. The lowest BCUT2D eigenvalue weighted by Gasteiger charge is -2.00. The molecule has 0 aromatic heterocycles. The van der Waals surface area contributed by atoms with Gasteiger partial charge >= 0.3 is 0 Å². The van der Waals surface area contributed by atoms with Gasteiger partial charge in [-0.05, 0) is 18.9 Å². The van der Waals surface area contributed by atoms with E-state index in [0.717, 1.165) is 17.7 Å². The van der Waals surface area contributed by atoms with Crippen LogP contribution in [0, 0.1) is 0 Å². The highest BCUT2D eigenvalue weighted by Gasteiger charge is 1.95. The Morgan fingerprint density at radius 1 is 1.60 bits per heavy atom. The molecule has 0 heterocycles. The summed E-state index contributed by atoms with van der Waals surface area (Å²) >= 11 is 0. The zero-order valence-corrected chi connectivity index (χ0v) is 7.02. The van der Waals surface area contributed by atoms with Crippen LogP contribution in [0.4, 0.5) is 0 Å². The van der Waals surface area contributed by atoms with E-state index in [-0.39, 0.29) is 0 Å². The number of hydrogen-bond acceptors (Lipinski definition) is 1. The minimum Gasteiger partial charge on any atom is -0.292 e. The number of aliphatic imine (C=N–C) groups is 1. The van der Waals surface area contributed by atoms with Crippen molar-refractivity contribution in [3.8, 4) is 0 Å². The van der Waals surface area contributed by atoms with Gasteiger partial charge in [0, 0.05) is 12.8 Å². The van der Waals surface area contributed by atoms with Crippen LogP contribution in [0.2, 0.25) is 0 Å². The summed E-state index contributed by atoms with van der Waals surface area (Å²) in [6.07, 6.45) is 4.84.